The lowest BCUT2D eigenvalue weighted by Crippen LogP contribution is -2.33. The molecule has 1 aromatic carbocycles. The number of halogens is 1. The van der Waals surface area contributed by atoms with E-state index in [0.717, 1.165) is 17.8 Å². The predicted molar refractivity (Wildman–Crippen MR) is 80.9 cm³/mol. The van der Waals surface area contributed by atoms with E-state index >= 15 is 0 Å². The van der Waals surface area contributed by atoms with Gasteiger partial charge in [-0.15, -0.1) is 11.6 Å². The van der Waals surface area contributed by atoms with Crippen molar-refractivity contribution in [3.8, 4) is 0 Å². The number of nitrogens with zero attached hydrogens (tertiary/aromatic N) is 2. The summed E-state index contributed by atoms with van der Waals surface area (Å²) < 4.78 is 2.48. The molecule has 1 aliphatic carbocycles. The van der Waals surface area contributed by atoms with E-state index in [-0.39, 0.29) is 5.54 Å². The van der Waals surface area contributed by atoms with Gasteiger partial charge in [-0.05, 0) is 31.9 Å². The minimum absolute atomic E-state index is 0.218. The number of rotatable bonds is 3. The van der Waals surface area contributed by atoms with Crippen molar-refractivity contribution in [1.82, 2.24) is 9.55 Å². The number of hydrogen-bond acceptors (Lipinski definition) is 1. The lowest BCUT2D eigenvalue weighted by Gasteiger charge is -2.37. The molecule has 102 valence electrons. The molecule has 2 aromatic rings. The molecule has 1 saturated carbocycles. The van der Waals surface area contributed by atoms with Crippen molar-refractivity contribution in [3.63, 3.8) is 0 Å². The second kappa shape index (κ2) is 5.16. The van der Waals surface area contributed by atoms with Crippen molar-refractivity contribution in [2.75, 3.05) is 5.88 Å². The minimum atomic E-state index is 0.218. The number of imidazole rings is 1. The summed E-state index contributed by atoms with van der Waals surface area (Å²) in [6, 6.07) is 8.47. The summed E-state index contributed by atoms with van der Waals surface area (Å²) in [7, 11) is 0. The van der Waals surface area contributed by atoms with E-state index in [1.165, 1.54) is 37.6 Å². The Hall–Kier alpha value is -1.02. The topological polar surface area (TPSA) is 17.8 Å². The number of aromatic nitrogens is 2. The first-order valence-electron chi connectivity index (χ1n) is 7.27. The Kier molecular flexibility index (Phi) is 3.53. The van der Waals surface area contributed by atoms with Crippen molar-refractivity contribution in [2.24, 2.45) is 0 Å². The summed E-state index contributed by atoms with van der Waals surface area (Å²) in [4.78, 5) is 4.80. The third-order valence-corrected chi connectivity index (χ3v) is 4.61. The molecule has 1 fully saturated rings. The summed E-state index contributed by atoms with van der Waals surface area (Å²) in [6.07, 6.45) is 7.37. The van der Waals surface area contributed by atoms with E-state index in [2.05, 4.69) is 35.8 Å². The van der Waals surface area contributed by atoms with Gasteiger partial charge < -0.3 is 4.57 Å². The van der Waals surface area contributed by atoms with E-state index in [0.29, 0.717) is 5.88 Å². The molecule has 1 aromatic heterocycles. The van der Waals surface area contributed by atoms with Crippen LogP contribution in [0.1, 0.15) is 44.9 Å². The third-order valence-electron chi connectivity index (χ3n) is 4.42. The smallest absolute Gasteiger partial charge is 0.111 e. The summed E-state index contributed by atoms with van der Waals surface area (Å²) in [5, 5.41) is 0. The van der Waals surface area contributed by atoms with Gasteiger partial charge in [0.1, 0.15) is 5.82 Å². The molecule has 0 spiro atoms. The van der Waals surface area contributed by atoms with E-state index < -0.39 is 0 Å². The van der Waals surface area contributed by atoms with Crippen LogP contribution in [0.15, 0.2) is 24.3 Å². The number of fused-ring (bicyclic) bond motifs is 1. The number of benzene rings is 1. The molecule has 0 aliphatic heterocycles. The van der Waals surface area contributed by atoms with Crippen LogP contribution in [0.25, 0.3) is 11.0 Å². The number of hydrogen-bond donors (Lipinski definition) is 0. The first kappa shape index (κ1) is 13.0. The third kappa shape index (κ3) is 2.27. The first-order chi connectivity index (χ1) is 9.24. The molecule has 2 nitrogen and oxygen atoms in total. The Morgan fingerprint density at radius 1 is 1.21 bits per heavy atom. The Morgan fingerprint density at radius 3 is 2.68 bits per heavy atom. The van der Waals surface area contributed by atoms with Crippen molar-refractivity contribution in [2.45, 2.75) is 51.0 Å². The Labute approximate surface area is 119 Å². The zero-order chi connectivity index (χ0) is 13.3. The van der Waals surface area contributed by atoms with E-state index in [1.807, 2.05) is 0 Å². The number of aryl methyl sites for hydroxylation is 1. The van der Waals surface area contributed by atoms with Crippen molar-refractivity contribution in [1.29, 1.82) is 0 Å². The fraction of sp³-hybridized carbons (Fsp3) is 0.562. The highest BCUT2D eigenvalue weighted by Crippen LogP contribution is 2.38. The second-order valence-electron chi connectivity index (χ2n) is 5.85. The summed E-state index contributed by atoms with van der Waals surface area (Å²) >= 11 is 5.97. The highest BCUT2D eigenvalue weighted by atomic mass is 35.5. The predicted octanol–water partition coefficient (Wildman–Crippen LogP) is 4.50. The molecule has 0 atom stereocenters. The molecule has 0 amide bonds. The average Bonchev–Trinajstić information content (AvgIpc) is 2.78. The van der Waals surface area contributed by atoms with Crippen molar-refractivity contribution < 1.29 is 0 Å². The van der Waals surface area contributed by atoms with Crippen molar-refractivity contribution in [3.05, 3.63) is 30.1 Å². The molecule has 3 heteroatoms. The fourth-order valence-electron chi connectivity index (χ4n) is 3.47. The molecule has 0 unspecified atom stereocenters. The van der Waals surface area contributed by atoms with Crippen LogP contribution in [-0.2, 0) is 12.0 Å². The Balaban J connectivity index is 2.16. The molecule has 1 heterocycles. The van der Waals surface area contributed by atoms with Gasteiger partial charge in [-0.25, -0.2) is 4.98 Å². The van der Waals surface area contributed by atoms with Crippen LogP contribution in [0.2, 0.25) is 0 Å². The van der Waals surface area contributed by atoms with Gasteiger partial charge in [-0.1, -0.05) is 31.4 Å². The van der Waals surface area contributed by atoms with Gasteiger partial charge in [0.25, 0.3) is 0 Å². The zero-order valence-electron chi connectivity index (χ0n) is 11.5. The standard InChI is InChI=1S/C16H21ClN2/c1-16(10-5-2-6-11-16)19-14-8-4-3-7-13(14)18-15(19)9-12-17/h3-4,7-8H,2,5-6,9-12H2,1H3. The maximum absolute atomic E-state index is 5.97. The molecule has 0 radical (unpaired) electrons. The minimum Gasteiger partial charge on any atom is -0.322 e. The summed E-state index contributed by atoms with van der Waals surface area (Å²) in [6.45, 7) is 2.39. The van der Waals surface area contributed by atoms with Crippen LogP contribution in [0.5, 0.6) is 0 Å². The van der Waals surface area contributed by atoms with Crippen LogP contribution in [0.4, 0.5) is 0 Å². The van der Waals surface area contributed by atoms with Crippen LogP contribution in [-0.4, -0.2) is 15.4 Å². The van der Waals surface area contributed by atoms with Gasteiger partial charge in [0.15, 0.2) is 0 Å². The van der Waals surface area contributed by atoms with Gasteiger partial charge in [0.2, 0.25) is 0 Å². The fourth-order valence-corrected chi connectivity index (χ4v) is 3.64. The maximum atomic E-state index is 5.97. The molecule has 19 heavy (non-hydrogen) atoms. The largest absolute Gasteiger partial charge is 0.322 e. The van der Waals surface area contributed by atoms with Gasteiger partial charge in [-0.2, -0.15) is 0 Å². The zero-order valence-corrected chi connectivity index (χ0v) is 12.3. The van der Waals surface area contributed by atoms with Crippen LogP contribution >= 0.6 is 11.6 Å². The molecule has 0 saturated heterocycles. The normalized spacial score (nSPS) is 18.8. The molecular weight excluding hydrogens is 256 g/mol. The first-order valence-corrected chi connectivity index (χ1v) is 7.81. The van der Waals surface area contributed by atoms with Gasteiger partial charge in [0, 0.05) is 17.8 Å². The Bertz CT molecular complexity index is 567. The Morgan fingerprint density at radius 2 is 1.95 bits per heavy atom. The van der Waals surface area contributed by atoms with Crippen LogP contribution in [0.3, 0.4) is 0 Å². The van der Waals surface area contributed by atoms with Gasteiger partial charge >= 0.3 is 0 Å². The molecule has 0 bridgehead atoms. The SMILES string of the molecule is CC1(n2c(CCCl)nc3ccccc32)CCCCC1. The van der Waals surface area contributed by atoms with E-state index in [4.69, 9.17) is 16.6 Å². The maximum Gasteiger partial charge on any atom is 0.111 e. The monoisotopic (exact) mass is 276 g/mol. The van der Waals surface area contributed by atoms with E-state index in [1.54, 1.807) is 0 Å². The summed E-state index contributed by atoms with van der Waals surface area (Å²) in [5.41, 5.74) is 2.59. The highest BCUT2D eigenvalue weighted by Gasteiger charge is 2.31. The van der Waals surface area contributed by atoms with E-state index in [9.17, 15) is 0 Å². The highest BCUT2D eigenvalue weighted by molar-refractivity contribution is 6.17. The van der Waals surface area contributed by atoms with Crippen LogP contribution < -0.4 is 0 Å². The second-order valence-corrected chi connectivity index (χ2v) is 6.23. The molecule has 0 N–H and O–H groups in total. The van der Waals surface area contributed by atoms with Crippen molar-refractivity contribution >= 4 is 22.6 Å². The molecule has 1 aliphatic rings. The average molecular weight is 277 g/mol. The summed E-state index contributed by atoms with van der Waals surface area (Å²) in [5.74, 6) is 1.79. The van der Waals surface area contributed by atoms with Gasteiger partial charge in [-0.3, -0.25) is 0 Å². The van der Waals surface area contributed by atoms with Gasteiger partial charge in [0.05, 0.1) is 11.0 Å². The lowest BCUT2D eigenvalue weighted by atomic mass is 9.82. The quantitative estimate of drug-likeness (QED) is 0.755. The van der Waals surface area contributed by atoms with Crippen LogP contribution in [0, 0.1) is 0 Å². The number of para-hydroxylation sites is 2. The number of alkyl halides is 1. The lowest BCUT2D eigenvalue weighted by molar-refractivity contribution is 0.219. The molecular formula is C16H21ClN2. The molecule has 3 rings (SSSR count).